The van der Waals surface area contributed by atoms with E-state index in [0.717, 1.165) is 16.8 Å². The molecular weight excluding hydrogens is 408 g/mol. The molecule has 1 aromatic heterocycles. The fraction of sp³-hybridized carbons (Fsp3) is 0.190. The minimum atomic E-state index is -3.58. The van der Waals surface area contributed by atoms with Gasteiger partial charge in [0, 0.05) is 12.7 Å². The summed E-state index contributed by atoms with van der Waals surface area (Å²) in [5.74, 6) is 0.219. The Labute approximate surface area is 174 Å². The van der Waals surface area contributed by atoms with E-state index in [1.807, 2.05) is 32.0 Å². The van der Waals surface area contributed by atoms with Crippen LogP contribution in [0.4, 0.5) is 11.4 Å². The lowest BCUT2D eigenvalue weighted by atomic mass is 10.1. The molecule has 8 heteroatoms. The van der Waals surface area contributed by atoms with Gasteiger partial charge in [0.25, 0.3) is 15.9 Å². The number of anilines is 2. The van der Waals surface area contributed by atoms with Crippen LogP contribution in [-0.2, 0) is 14.8 Å². The highest BCUT2D eigenvalue weighted by atomic mass is 32.2. The van der Waals surface area contributed by atoms with Crippen LogP contribution in [0.2, 0.25) is 0 Å². The summed E-state index contributed by atoms with van der Waals surface area (Å²) in [7, 11) is -2.08. The van der Waals surface area contributed by atoms with Gasteiger partial charge in [-0.15, -0.1) is 11.3 Å². The van der Waals surface area contributed by atoms with Crippen LogP contribution in [0.5, 0.6) is 5.75 Å². The number of hydrogen-bond acceptors (Lipinski definition) is 5. The maximum atomic E-state index is 12.6. The van der Waals surface area contributed by atoms with Crippen LogP contribution in [0.1, 0.15) is 11.1 Å². The number of nitrogens with one attached hydrogen (secondary N) is 1. The van der Waals surface area contributed by atoms with Gasteiger partial charge in [0.05, 0.1) is 5.69 Å². The van der Waals surface area contributed by atoms with Gasteiger partial charge in [-0.1, -0.05) is 24.3 Å². The SMILES string of the molecule is Cc1cccc(C)c1NC(=O)COc1ccc(N(C)S(=O)(=O)c2cccs2)cc1. The molecule has 1 N–H and O–H groups in total. The molecule has 0 aliphatic heterocycles. The zero-order valence-corrected chi connectivity index (χ0v) is 18.0. The Kier molecular flexibility index (Phi) is 6.24. The fourth-order valence-electron chi connectivity index (χ4n) is 2.77. The summed E-state index contributed by atoms with van der Waals surface area (Å²) in [5.41, 5.74) is 3.26. The third kappa shape index (κ3) is 4.78. The summed E-state index contributed by atoms with van der Waals surface area (Å²) in [5, 5.41) is 4.59. The normalized spacial score (nSPS) is 11.1. The summed E-state index contributed by atoms with van der Waals surface area (Å²) < 4.78 is 32.2. The summed E-state index contributed by atoms with van der Waals surface area (Å²) >= 11 is 1.17. The first-order chi connectivity index (χ1) is 13.8. The van der Waals surface area contributed by atoms with Crippen LogP contribution in [0.3, 0.4) is 0 Å². The third-order valence-corrected chi connectivity index (χ3v) is 7.58. The molecule has 0 aliphatic rings. The highest BCUT2D eigenvalue weighted by molar-refractivity contribution is 7.94. The second-order valence-corrected chi connectivity index (χ2v) is 9.65. The van der Waals surface area contributed by atoms with Crippen LogP contribution < -0.4 is 14.4 Å². The smallest absolute Gasteiger partial charge is 0.273 e. The van der Waals surface area contributed by atoms with E-state index in [1.165, 1.54) is 22.7 Å². The van der Waals surface area contributed by atoms with Gasteiger partial charge >= 0.3 is 0 Å². The molecule has 0 aliphatic carbocycles. The van der Waals surface area contributed by atoms with Crippen molar-refractivity contribution in [2.24, 2.45) is 0 Å². The Balaban J connectivity index is 1.61. The zero-order chi connectivity index (χ0) is 21.0. The number of thiophene rings is 1. The molecule has 2 aromatic carbocycles. The van der Waals surface area contributed by atoms with Crippen molar-refractivity contribution in [1.29, 1.82) is 0 Å². The van der Waals surface area contributed by atoms with Gasteiger partial charge in [0.1, 0.15) is 9.96 Å². The first-order valence-corrected chi connectivity index (χ1v) is 11.2. The van der Waals surface area contributed by atoms with Crippen molar-refractivity contribution in [3.63, 3.8) is 0 Å². The monoisotopic (exact) mass is 430 g/mol. The lowest BCUT2D eigenvalue weighted by molar-refractivity contribution is -0.118. The summed E-state index contributed by atoms with van der Waals surface area (Å²) in [6.45, 7) is 3.72. The van der Waals surface area contributed by atoms with Gasteiger partial charge in [-0.05, 0) is 60.7 Å². The number of rotatable bonds is 7. The molecule has 152 valence electrons. The standard InChI is InChI=1S/C21H22N2O4S2/c1-15-6-4-7-16(2)21(15)22-19(24)14-27-18-11-9-17(10-12-18)23(3)29(25,26)20-8-5-13-28-20/h4-13H,14H2,1-3H3,(H,22,24). The van der Waals surface area contributed by atoms with Gasteiger partial charge in [-0.2, -0.15) is 0 Å². The molecule has 29 heavy (non-hydrogen) atoms. The molecule has 0 bridgehead atoms. The number of benzene rings is 2. The van der Waals surface area contributed by atoms with Gasteiger partial charge < -0.3 is 10.1 Å². The lowest BCUT2D eigenvalue weighted by Gasteiger charge is -2.18. The van der Waals surface area contributed by atoms with Crippen molar-refractivity contribution in [1.82, 2.24) is 0 Å². The van der Waals surface area contributed by atoms with E-state index in [1.54, 1.807) is 41.8 Å². The number of carbonyl (C=O) groups is 1. The molecular formula is C21H22N2O4S2. The average Bonchev–Trinajstić information content (AvgIpc) is 3.25. The second kappa shape index (κ2) is 8.67. The van der Waals surface area contributed by atoms with Crippen molar-refractivity contribution in [2.75, 3.05) is 23.3 Å². The van der Waals surface area contributed by atoms with Crippen molar-refractivity contribution in [3.8, 4) is 5.75 Å². The second-order valence-electron chi connectivity index (χ2n) is 6.50. The Morgan fingerprint density at radius 2 is 1.69 bits per heavy atom. The molecule has 6 nitrogen and oxygen atoms in total. The molecule has 1 amide bonds. The predicted octanol–water partition coefficient (Wildman–Crippen LogP) is 4.21. The largest absolute Gasteiger partial charge is 0.484 e. The van der Waals surface area contributed by atoms with Crippen LogP contribution in [0.25, 0.3) is 0 Å². The van der Waals surface area contributed by atoms with Crippen LogP contribution in [0, 0.1) is 13.8 Å². The van der Waals surface area contributed by atoms with E-state index in [-0.39, 0.29) is 16.7 Å². The zero-order valence-electron chi connectivity index (χ0n) is 16.4. The average molecular weight is 431 g/mol. The summed E-state index contributed by atoms with van der Waals surface area (Å²) in [6.07, 6.45) is 0. The summed E-state index contributed by atoms with van der Waals surface area (Å²) in [4.78, 5) is 12.2. The Morgan fingerprint density at radius 1 is 1.03 bits per heavy atom. The number of ether oxygens (including phenoxy) is 1. The Bertz CT molecular complexity index is 1070. The van der Waals surface area contributed by atoms with E-state index in [0.29, 0.717) is 11.4 Å². The molecule has 0 saturated heterocycles. The van der Waals surface area contributed by atoms with E-state index in [2.05, 4.69) is 5.32 Å². The fourth-order valence-corrected chi connectivity index (χ4v) is 5.13. The maximum Gasteiger partial charge on any atom is 0.273 e. The van der Waals surface area contributed by atoms with Gasteiger partial charge in [0.15, 0.2) is 6.61 Å². The molecule has 0 spiro atoms. The Morgan fingerprint density at radius 3 is 2.28 bits per heavy atom. The molecule has 1 heterocycles. The predicted molar refractivity (Wildman–Crippen MR) is 116 cm³/mol. The number of nitrogens with zero attached hydrogens (tertiary/aromatic N) is 1. The number of amides is 1. The highest BCUT2D eigenvalue weighted by Gasteiger charge is 2.22. The lowest BCUT2D eigenvalue weighted by Crippen LogP contribution is -2.25. The molecule has 0 radical (unpaired) electrons. The molecule has 3 rings (SSSR count). The molecule has 0 fully saturated rings. The van der Waals surface area contributed by atoms with Gasteiger partial charge in [-0.3, -0.25) is 9.10 Å². The van der Waals surface area contributed by atoms with Crippen LogP contribution in [-0.4, -0.2) is 28.0 Å². The van der Waals surface area contributed by atoms with Gasteiger partial charge in [-0.25, -0.2) is 8.42 Å². The quantitative estimate of drug-likeness (QED) is 0.609. The number of para-hydroxylation sites is 1. The third-order valence-electron chi connectivity index (χ3n) is 4.43. The topological polar surface area (TPSA) is 75.7 Å². The number of hydrogen-bond donors (Lipinski definition) is 1. The van der Waals surface area contributed by atoms with E-state index in [4.69, 9.17) is 4.74 Å². The van der Waals surface area contributed by atoms with Crippen molar-refractivity contribution in [2.45, 2.75) is 18.1 Å². The van der Waals surface area contributed by atoms with Gasteiger partial charge in [0.2, 0.25) is 0 Å². The van der Waals surface area contributed by atoms with Crippen LogP contribution in [0.15, 0.2) is 64.2 Å². The minimum Gasteiger partial charge on any atom is -0.484 e. The first kappa shape index (κ1) is 20.9. The molecule has 0 unspecified atom stereocenters. The molecule has 0 atom stereocenters. The number of sulfonamides is 1. The van der Waals surface area contributed by atoms with E-state index in [9.17, 15) is 13.2 Å². The molecule has 0 saturated carbocycles. The highest BCUT2D eigenvalue weighted by Crippen LogP contribution is 2.26. The maximum absolute atomic E-state index is 12.6. The Hall–Kier alpha value is -2.84. The summed E-state index contributed by atoms with van der Waals surface area (Å²) in [6, 6.07) is 15.6. The molecule has 3 aromatic rings. The number of aryl methyl sites for hydroxylation is 2. The minimum absolute atomic E-state index is 0.142. The van der Waals surface area contributed by atoms with Crippen molar-refractivity contribution >= 4 is 38.6 Å². The first-order valence-electron chi connectivity index (χ1n) is 8.90. The number of carbonyl (C=O) groups excluding carboxylic acids is 1. The van der Waals surface area contributed by atoms with E-state index >= 15 is 0 Å². The van der Waals surface area contributed by atoms with Crippen molar-refractivity contribution in [3.05, 3.63) is 71.1 Å². The van der Waals surface area contributed by atoms with E-state index < -0.39 is 10.0 Å². The van der Waals surface area contributed by atoms with Crippen LogP contribution >= 0.6 is 11.3 Å². The van der Waals surface area contributed by atoms with Crippen molar-refractivity contribution < 1.29 is 17.9 Å².